The smallest absolute Gasteiger partial charge is 0.305 e. The van der Waals surface area contributed by atoms with Gasteiger partial charge in [-0.15, -0.1) is 17.0 Å². The number of ketones is 1. The third-order valence-electron chi connectivity index (χ3n) is 6.39. The van der Waals surface area contributed by atoms with E-state index >= 15 is 0 Å². The van der Waals surface area contributed by atoms with Crippen molar-refractivity contribution in [2.24, 2.45) is 0 Å². The van der Waals surface area contributed by atoms with Crippen LogP contribution in [0.15, 0.2) is 24.3 Å². The molecule has 0 atom stereocenters. The number of nitrogens with one attached hydrogen (secondary N) is 2. The second-order valence-corrected chi connectivity index (χ2v) is 10.0. The van der Waals surface area contributed by atoms with Crippen LogP contribution in [0.5, 0.6) is 11.5 Å². The maximum Gasteiger partial charge on any atom is 0.305 e. The number of phenolic OH excluding ortho intramolecular Hbond substituents is 1. The normalized spacial score (nSPS) is 12.5. The van der Waals surface area contributed by atoms with Crippen LogP contribution in [-0.4, -0.2) is 60.8 Å². The minimum Gasteiger partial charge on any atom is -0.507 e. The molecular formula is C28H36BrN3O6. The third-order valence-corrected chi connectivity index (χ3v) is 6.39. The summed E-state index contributed by atoms with van der Waals surface area (Å²) in [5.74, 6) is -0.285. The number of ether oxygens (including phenoxy) is 2. The molecule has 0 fully saturated rings. The summed E-state index contributed by atoms with van der Waals surface area (Å²) in [6.07, 6.45) is 0.309. The van der Waals surface area contributed by atoms with Crippen LogP contribution in [0.1, 0.15) is 77.1 Å². The Kier molecular flexibility index (Phi) is 10.1. The van der Waals surface area contributed by atoms with Gasteiger partial charge >= 0.3 is 5.97 Å². The molecule has 1 amide bonds. The van der Waals surface area contributed by atoms with Crippen molar-refractivity contribution in [2.45, 2.75) is 52.5 Å². The molecule has 1 aliphatic rings. The number of esters is 1. The van der Waals surface area contributed by atoms with Crippen molar-refractivity contribution in [3.05, 3.63) is 57.6 Å². The molecule has 0 saturated carbocycles. The summed E-state index contributed by atoms with van der Waals surface area (Å²) in [6, 6.07) is 6.68. The second-order valence-electron chi connectivity index (χ2n) is 10.0. The first-order valence-corrected chi connectivity index (χ1v) is 12.2. The molecule has 0 aromatic heterocycles. The number of carbonyl (C=O) groups is 3. The van der Waals surface area contributed by atoms with Crippen LogP contribution >= 0.6 is 17.0 Å². The molecule has 0 saturated heterocycles. The number of halogens is 1. The lowest BCUT2D eigenvalue weighted by Crippen LogP contribution is -2.30. The number of methoxy groups -OCH3 is 1. The van der Waals surface area contributed by atoms with E-state index in [0.29, 0.717) is 46.7 Å². The molecule has 9 nitrogen and oxygen atoms in total. The van der Waals surface area contributed by atoms with Crippen LogP contribution < -0.4 is 10.1 Å². The predicted octanol–water partition coefficient (Wildman–Crippen LogP) is 4.16. The van der Waals surface area contributed by atoms with E-state index in [2.05, 4.69) is 5.32 Å². The van der Waals surface area contributed by atoms with Gasteiger partial charge in [0.2, 0.25) is 0 Å². The molecule has 2 aromatic carbocycles. The van der Waals surface area contributed by atoms with E-state index in [4.69, 9.17) is 14.9 Å². The second kappa shape index (κ2) is 12.4. The van der Waals surface area contributed by atoms with Gasteiger partial charge in [0.1, 0.15) is 17.3 Å². The number of benzene rings is 2. The number of Topliss-reactive ketones (excluding diaryl/α,β-unsaturated/α-hetero) is 1. The lowest BCUT2D eigenvalue weighted by molar-refractivity contribution is -0.140. The first kappa shape index (κ1) is 30.8. The first-order valence-electron chi connectivity index (χ1n) is 12.2. The quantitative estimate of drug-likeness (QED) is 0.296. The van der Waals surface area contributed by atoms with Crippen molar-refractivity contribution >= 4 is 40.5 Å². The highest BCUT2D eigenvalue weighted by Crippen LogP contribution is 2.36. The molecule has 1 heterocycles. The molecule has 10 heteroatoms. The van der Waals surface area contributed by atoms with Crippen molar-refractivity contribution < 1.29 is 29.0 Å². The summed E-state index contributed by atoms with van der Waals surface area (Å²) in [6.45, 7) is 8.30. The fraction of sp³-hybridized carbons (Fsp3) is 0.429. The minimum atomic E-state index is -0.442. The Morgan fingerprint density at radius 2 is 1.84 bits per heavy atom. The van der Waals surface area contributed by atoms with Gasteiger partial charge in [-0.2, -0.15) is 0 Å². The van der Waals surface area contributed by atoms with E-state index in [1.165, 1.54) is 14.2 Å². The van der Waals surface area contributed by atoms with Crippen LogP contribution in [0.4, 0.5) is 0 Å². The van der Waals surface area contributed by atoms with Gasteiger partial charge < -0.3 is 24.8 Å². The molecule has 0 radical (unpaired) electrons. The molecule has 3 N–H and O–H groups in total. The molecule has 0 unspecified atom stereocenters. The Balaban J connectivity index is 0.00000507. The summed E-state index contributed by atoms with van der Waals surface area (Å²) in [5.41, 5.74) is 2.77. The molecule has 3 rings (SSSR count). The number of carbonyl (C=O) groups excluding carboxylic acids is 3. The molecule has 0 spiro atoms. The summed E-state index contributed by atoms with van der Waals surface area (Å²) in [5, 5.41) is 22.1. The van der Waals surface area contributed by atoms with E-state index in [0.717, 1.165) is 5.56 Å². The lowest BCUT2D eigenvalue weighted by Gasteiger charge is -2.24. The Bertz CT molecular complexity index is 1250. The first-order chi connectivity index (χ1) is 17.4. The number of amidine groups is 1. The number of hydrogen-bond acceptors (Lipinski definition) is 7. The third kappa shape index (κ3) is 6.53. The number of aryl methyl sites for hydroxylation is 1. The Morgan fingerprint density at radius 3 is 2.42 bits per heavy atom. The highest BCUT2D eigenvalue weighted by molar-refractivity contribution is 8.93. The number of aromatic hydroxyl groups is 1. The summed E-state index contributed by atoms with van der Waals surface area (Å²) in [4.78, 5) is 39.1. The van der Waals surface area contributed by atoms with E-state index < -0.39 is 11.4 Å². The maximum atomic E-state index is 13.4. The number of nitrogens with zero attached hydrogens (tertiary/aromatic N) is 1. The topological polar surface area (TPSA) is 129 Å². The van der Waals surface area contributed by atoms with E-state index in [-0.39, 0.29) is 59.6 Å². The number of phenols is 1. The van der Waals surface area contributed by atoms with Crippen molar-refractivity contribution in [2.75, 3.05) is 27.3 Å². The number of hydrogen-bond donors (Lipinski definition) is 3. The average Bonchev–Trinajstić information content (AvgIpc) is 3.15. The molecule has 0 bridgehead atoms. The van der Waals surface area contributed by atoms with Gasteiger partial charge in [-0.3, -0.25) is 19.8 Å². The lowest BCUT2D eigenvalue weighted by atomic mass is 9.83. The fourth-order valence-corrected chi connectivity index (χ4v) is 4.37. The SMILES string of the molecule is Br.CCOc1cc2c(cc1C(=O)NC)C(=N)N(CC(=O)c1cc(CCC(=O)OC)c(O)c(C(C)(C)C)c1)C2. The largest absolute Gasteiger partial charge is 0.507 e. The summed E-state index contributed by atoms with van der Waals surface area (Å²) in [7, 11) is 2.84. The highest BCUT2D eigenvalue weighted by Gasteiger charge is 2.30. The molecular weight excluding hydrogens is 554 g/mol. The Morgan fingerprint density at radius 1 is 1.16 bits per heavy atom. The van der Waals surface area contributed by atoms with Gasteiger partial charge in [-0.05, 0) is 54.2 Å². The predicted molar refractivity (Wildman–Crippen MR) is 150 cm³/mol. The van der Waals surface area contributed by atoms with E-state index in [1.54, 1.807) is 29.2 Å². The molecule has 38 heavy (non-hydrogen) atoms. The fourth-order valence-electron chi connectivity index (χ4n) is 4.37. The molecule has 1 aliphatic heterocycles. The van der Waals surface area contributed by atoms with Gasteiger partial charge in [0.25, 0.3) is 5.91 Å². The van der Waals surface area contributed by atoms with Crippen molar-refractivity contribution in [1.82, 2.24) is 10.2 Å². The number of rotatable bonds is 9. The zero-order chi connectivity index (χ0) is 27.5. The van der Waals surface area contributed by atoms with Crippen LogP contribution in [0.25, 0.3) is 0 Å². The van der Waals surface area contributed by atoms with E-state index in [9.17, 15) is 19.5 Å². The van der Waals surface area contributed by atoms with Crippen molar-refractivity contribution in [3.63, 3.8) is 0 Å². The van der Waals surface area contributed by atoms with Crippen molar-refractivity contribution in [1.29, 1.82) is 5.41 Å². The van der Waals surface area contributed by atoms with Gasteiger partial charge in [-0.25, -0.2) is 0 Å². The van der Waals surface area contributed by atoms with Crippen LogP contribution in [0.2, 0.25) is 0 Å². The molecule has 0 aliphatic carbocycles. The number of amides is 1. The zero-order valence-electron chi connectivity index (χ0n) is 22.7. The van der Waals surface area contributed by atoms with Crippen LogP contribution in [0.3, 0.4) is 0 Å². The maximum absolute atomic E-state index is 13.4. The van der Waals surface area contributed by atoms with E-state index in [1.807, 2.05) is 27.7 Å². The van der Waals surface area contributed by atoms with Gasteiger partial charge in [0, 0.05) is 36.7 Å². The van der Waals surface area contributed by atoms with Crippen LogP contribution in [-0.2, 0) is 27.9 Å². The monoisotopic (exact) mass is 589 g/mol. The van der Waals surface area contributed by atoms with Gasteiger partial charge in [0.15, 0.2) is 5.78 Å². The molecule has 206 valence electrons. The average molecular weight is 591 g/mol. The van der Waals surface area contributed by atoms with Crippen LogP contribution in [0, 0.1) is 5.41 Å². The van der Waals surface area contributed by atoms with Gasteiger partial charge in [0.05, 0.1) is 25.8 Å². The summed E-state index contributed by atoms with van der Waals surface area (Å²) < 4.78 is 10.4. The Hall–Kier alpha value is -3.40. The van der Waals surface area contributed by atoms with Crippen molar-refractivity contribution in [3.8, 4) is 11.5 Å². The molecule has 2 aromatic rings. The Labute approximate surface area is 233 Å². The minimum absolute atomic E-state index is 0. The highest BCUT2D eigenvalue weighted by atomic mass is 79.9. The zero-order valence-corrected chi connectivity index (χ0v) is 24.4. The van der Waals surface area contributed by atoms with Gasteiger partial charge in [-0.1, -0.05) is 20.8 Å². The summed E-state index contributed by atoms with van der Waals surface area (Å²) >= 11 is 0. The standard InChI is InChI=1S/C28H35N3O6.BrH/c1-7-37-23-12-18-14-31(26(29)19(18)13-20(23)27(35)30-5)15-22(32)17-10-16(8-9-24(33)36-6)25(34)21(11-17)28(2,3)4;/h10-13,29,34H,7-9,14-15H2,1-6H3,(H,30,35);1H. The number of fused-ring (bicyclic) bond motifs is 1.